The van der Waals surface area contributed by atoms with Crippen LogP contribution in [0.1, 0.15) is 10.5 Å². The molecule has 0 aliphatic heterocycles. The second kappa shape index (κ2) is 4.58. The molecule has 2 aromatic rings. The van der Waals surface area contributed by atoms with Gasteiger partial charge in [-0.05, 0) is 12.1 Å². The number of halogens is 1. The van der Waals surface area contributed by atoms with Crippen LogP contribution in [0, 0.1) is 0 Å². The molecule has 0 bridgehead atoms. The van der Waals surface area contributed by atoms with Crippen LogP contribution in [-0.4, -0.2) is 33.1 Å². The van der Waals surface area contributed by atoms with Crippen molar-refractivity contribution in [1.82, 2.24) is 9.78 Å². The number of aromatic nitrogens is 2. The number of carboxylic acids is 1. The lowest BCUT2D eigenvalue weighted by Crippen LogP contribution is -2.01. The van der Waals surface area contributed by atoms with E-state index in [4.69, 9.17) is 21.4 Å². The SMILES string of the molecule is COc1cc(-n2cc(O)c(C(=O)O)n2)ccc1Cl. The first kappa shape index (κ1) is 12.3. The zero-order valence-corrected chi connectivity index (χ0v) is 10.0. The maximum absolute atomic E-state index is 10.8. The molecule has 0 atom stereocenters. The van der Waals surface area contributed by atoms with Gasteiger partial charge in [0.05, 0.1) is 24.0 Å². The molecular weight excluding hydrogens is 260 g/mol. The van der Waals surface area contributed by atoms with E-state index in [0.29, 0.717) is 16.5 Å². The van der Waals surface area contributed by atoms with Crippen LogP contribution in [0.15, 0.2) is 24.4 Å². The number of nitrogens with zero attached hydrogens (tertiary/aromatic N) is 2. The summed E-state index contributed by atoms with van der Waals surface area (Å²) in [4.78, 5) is 10.8. The van der Waals surface area contributed by atoms with Crippen molar-refractivity contribution < 1.29 is 19.7 Å². The number of ether oxygens (including phenoxy) is 1. The molecule has 0 unspecified atom stereocenters. The van der Waals surface area contributed by atoms with E-state index in [1.54, 1.807) is 18.2 Å². The van der Waals surface area contributed by atoms with Crippen LogP contribution in [0.25, 0.3) is 5.69 Å². The third kappa shape index (κ3) is 2.10. The van der Waals surface area contributed by atoms with E-state index < -0.39 is 17.4 Å². The van der Waals surface area contributed by atoms with Crippen LogP contribution >= 0.6 is 11.6 Å². The lowest BCUT2D eigenvalue weighted by Gasteiger charge is -2.06. The van der Waals surface area contributed by atoms with Gasteiger partial charge in [-0.25, -0.2) is 9.48 Å². The largest absolute Gasteiger partial charge is 0.504 e. The van der Waals surface area contributed by atoms with Crippen molar-refractivity contribution in [2.24, 2.45) is 0 Å². The van der Waals surface area contributed by atoms with Gasteiger partial charge in [0.25, 0.3) is 0 Å². The Morgan fingerprint density at radius 2 is 2.22 bits per heavy atom. The first-order valence-electron chi connectivity index (χ1n) is 4.88. The monoisotopic (exact) mass is 268 g/mol. The smallest absolute Gasteiger partial charge is 0.360 e. The number of methoxy groups -OCH3 is 1. The van der Waals surface area contributed by atoms with E-state index in [9.17, 15) is 9.90 Å². The lowest BCUT2D eigenvalue weighted by molar-refractivity contribution is 0.0687. The Morgan fingerprint density at radius 1 is 1.50 bits per heavy atom. The third-order valence-corrected chi connectivity index (χ3v) is 2.61. The molecule has 1 heterocycles. The first-order chi connectivity index (χ1) is 8.52. The minimum atomic E-state index is -1.30. The van der Waals surface area contributed by atoms with E-state index in [2.05, 4.69) is 5.10 Å². The minimum Gasteiger partial charge on any atom is -0.504 e. The molecule has 7 heteroatoms. The average Bonchev–Trinajstić information content (AvgIpc) is 2.72. The number of hydrogen-bond acceptors (Lipinski definition) is 4. The summed E-state index contributed by atoms with van der Waals surface area (Å²) >= 11 is 5.87. The predicted octanol–water partition coefficient (Wildman–Crippen LogP) is 1.94. The maximum atomic E-state index is 10.8. The van der Waals surface area contributed by atoms with Crippen molar-refractivity contribution in [1.29, 1.82) is 0 Å². The highest BCUT2D eigenvalue weighted by atomic mass is 35.5. The van der Waals surface area contributed by atoms with Crippen molar-refractivity contribution >= 4 is 17.6 Å². The van der Waals surface area contributed by atoms with Crippen LogP contribution in [0.2, 0.25) is 5.02 Å². The van der Waals surface area contributed by atoms with Gasteiger partial charge in [-0.2, -0.15) is 5.10 Å². The molecule has 0 fully saturated rings. The van der Waals surface area contributed by atoms with Crippen molar-refractivity contribution in [2.45, 2.75) is 0 Å². The molecule has 0 spiro atoms. The van der Waals surface area contributed by atoms with E-state index >= 15 is 0 Å². The number of rotatable bonds is 3. The third-order valence-electron chi connectivity index (χ3n) is 2.30. The van der Waals surface area contributed by atoms with E-state index in [-0.39, 0.29) is 0 Å². The van der Waals surface area contributed by atoms with Gasteiger partial charge in [0.15, 0.2) is 5.75 Å². The van der Waals surface area contributed by atoms with Crippen LogP contribution < -0.4 is 4.74 Å². The van der Waals surface area contributed by atoms with Gasteiger partial charge in [-0.15, -0.1) is 0 Å². The molecule has 0 aliphatic carbocycles. The number of aromatic carboxylic acids is 1. The molecule has 0 saturated carbocycles. The normalized spacial score (nSPS) is 10.3. The molecule has 0 aliphatic rings. The Labute approximate surface area is 107 Å². The van der Waals surface area contributed by atoms with Crippen LogP contribution in [0.4, 0.5) is 0 Å². The fraction of sp³-hybridized carbons (Fsp3) is 0.0909. The van der Waals surface area contributed by atoms with Crippen molar-refractivity contribution in [3.63, 3.8) is 0 Å². The molecule has 18 heavy (non-hydrogen) atoms. The summed E-state index contributed by atoms with van der Waals surface area (Å²) < 4.78 is 6.27. The first-order valence-corrected chi connectivity index (χ1v) is 5.26. The van der Waals surface area contributed by atoms with Gasteiger partial charge in [-0.1, -0.05) is 11.6 Å². The molecule has 2 rings (SSSR count). The molecular formula is C11H9ClN2O4. The fourth-order valence-corrected chi connectivity index (χ4v) is 1.64. The topological polar surface area (TPSA) is 84.6 Å². The summed E-state index contributed by atoms with van der Waals surface area (Å²) in [6, 6.07) is 4.80. The number of benzene rings is 1. The molecule has 1 aromatic heterocycles. The second-order valence-corrected chi connectivity index (χ2v) is 3.84. The van der Waals surface area contributed by atoms with Crippen molar-refractivity contribution in [2.75, 3.05) is 7.11 Å². The van der Waals surface area contributed by atoms with Crippen LogP contribution in [0.3, 0.4) is 0 Å². The van der Waals surface area contributed by atoms with Crippen LogP contribution in [-0.2, 0) is 0 Å². The van der Waals surface area contributed by atoms with Gasteiger partial charge in [-0.3, -0.25) is 0 Å². The van der Waals surface area contributed by atoms with Gasteiger partial charge >= 0.3 is 5.97 Å². The Hall–Kier alpha value is -2.21. The quantitative estimate of drug-likeness (QED) is 0.889. The maximum Gasteiger partial charge on any atom is 0.360 e. The number of hydrogen-bond donors (Lipinski definition) is 2. The van der Waals surface area contributed by atoms with E-state index in [0.717, 1.165) is 0 Å². The van der Waals surface area contributed by atoms with Gasteiger partial charge in [0.2, 0.25) is 5.69 Å². The highest BCUT2D eigenvalue weighted by Crippen LogP contribution is 2.27. The highest BCUT2D eigenvalue weighted by molar-refractivity contribution is 6.32. The average molecular weight is 269 g/mol. The molecule has 0 radical (unpaired) electrons. The summed E-state index contributed by atoms with van der Waals surface area (Å²) in [5.41, 5.74) is 0.114. The van der Waals surface area contributed by atoms with Crippen molar-refractivity contribution in [3.8, 4) is 17.2 Å². The number of carbonyl (C=O) groups is 1. The van der Waals surface area contributed by atoms with Gasteiger partial charge < -0.3 is 14.9 Å². The lowest BCUT2D eigenvalue weighted by atomic mass is 10.3. The summed E-state index contributed by atoms with van der Waals surface area (Å²) in [7, 11) is 1.47. The molecule has 0 saturated heterocycles. The van der Waals surface area contributed by atoms with E-state index in [1.165, 1.54) is 18.0 Å². The fourth-order valence-electron chi connectivity index (χ4n) is 1.44. The molecule has 2 N–H and O–H groups in total. The van der Waals surface area contributed by atoms with Crippen molar-refractivity contribution in [3.05, 3.63) is 35.1 Å². The second-order valence-electron chi connectivity index (χ2n) is 3.43. The molecule has 6 nitrogen and oxygen atoms in total. The molecule has 1 aromatic carbocycles. The Balaban J connectivity index is 2.49. The Morgan fingerprint density at radius 3 is 2.78 bits per heavy atom. The summed E-state index contributed by atoms with van der Waals surface area (Å²) in [5.74, 6) is -1.27. The van der Waals surface area contributed by atoms with Gasteiger partial charge in [0.1, 0.15) is 5.75 Å². The summed E-state index contributed by atoms with van der Waals surface area (Å²) in [5, 5.41) is 22.4. The predicted molar refractivity (Wildman–Crippen MR) is 63.8 cm³/mol. The number of carboxylic acid groups (broad SMARTS) is 1. The molecule has 0 amide bonds. The standard InChI is InChI=1S/C11H9ClN2O4/c1-18-9-4-6(2-3-7(9)12)14-5-8(15)10(13-14)11(16)17/h2-5,15H,1H3,(H,16,17). The van der Waals surface area contributed by atoms with E-state index in [1.807, 2.05) is 0 Å². The Bertz CT molecular complexity index is 609. The zero-order chi connectivity index (χ0) is 13.3. The zero-order valence-electron chi connectivity index (χ0n) is 9.29. The summed E-state index contributed by atoms with van der Waals surface area (Å²) in [6.07, 6.45) is 1.20. The molecule has 94 valence electrons. The summed E-state index contributed by atoms with van der Waals surface area (Å²) in [6.45, 7) is 0. The minimum absolute atomic E-state index is 0.406. The Kier molecular flexibility index (Phi) is 3.12. The highest BCUT2D eigenvalue weighted by Gasteiger charge is 2.16. The van der Waals surface area contributed by atoms with Crippen LogP contribution in [0.5, 0.6) is 11.5 Å². The number of aromatic hydroxyl groups is 1. The van der Waals surface area contributed by atoms with Gasteiger partial charge in [0, 0.05) is 6.07 Å².